The van der Waals surface area contributed by atoms with Crippen LogP contribution < -0.4 is 0 Å². The Morgan fingerprint density at radius 2 is 0.980 bits per heavy atom. The van der Waals surface area contributed by atoms with Crippen molar-refractivity contribution in [2.75, 3.05) is 0 Å². The number of fused-ring (bicyclic) bond motifs is 6. The van der Waals surface area contributed by atoms with Crippen LogP contribution in [0.3, 0.4) is 0 Å². The van der Waals surface area contributed by atoms with E-state index < -0.39 is 84.1 Å². The molecular weight excluding hydrogens is 593 g/mol. The molecule has 0 radical (unpaired) electrons. The highest BCUT2D eigenvalue weighted by Gasteiger charge is 2.18. The van der Waals surface area contributed by atoms with E-state index in [4.69, 9.17) is 16.8 Å². The highest BCUT2D eigenvalue weighted by Crippen LogP contribution is 2.45. The molecule has 1 heterocycles. The predicted octanol–water partition coefficient (Wildman–Crippen LogP) is 13.7. The van der Waals surface area contributed by atoms with Crippen LogP contribution in [0.25, 0.3) is 98.8 Å². The summed E-state index contributed by atoms with van der Waals surface area (Å²) in [5, 5.41) is 3.15. The van der Waals surface area contributed by atoms with E-state index in [1.54, 1.807) is 18.2 Å². The third kappa shape index (κ3) is 4.47. The Bertz CT molecular complexity index is 3520. The molecular formula is C48H30O. The van der Waals surface area contributed by atoms with Crippen LogP contribution in [0.15, 0.2) is 186 Å². The van der Waals surface area contributed by atoms with Gasteiger partial charge < -0.3 is 4.42 Å². The molecule has 10 aromatic rings. The fourth-order valence-corrected chi connectivity index (χ4v) is 7.00. The molecule has 0 saturated carbocycles. The van der Waals surface area contributed by atoms with E-state index in [1.807, 2.05) is 54.6 Å². The van der Waals surface area contributed by atoms with Gasteiger partial charge in [-0.3, -0.25) is 0 Å². The number of hydrogen-bond acceptors (Lipinski definition) is 1. The zero-order chi connectivity index (χ0) is 43.6. The minimum Gasteiger partial charge on any atom is -0.456 e. The standard InChI is InChI=1S/C48H30O/c1-2-13-32(14-3-1)46-39-18-6-8-20-41(39)47(42-21-9-7-19-40(42)46)37-17-10-16-36(29-37)38-22-11-23-44-48(38)43-27-26-35(30-45(43)49-44)34-25-24-31-12-4-5-15-33(31)28-34/h1-30H/i1D,2D,3D,6D,7D,8D,9D,13D,14D,18D,19D,20D,21D. The highest BCUT2D eigenvalue weighted by molar-refractivity contribution is 6.21. The molecule has 9 aromatic carbocycles. The van der Waals surface area contributed by atoms with Gasteiger partial charge in [0.05, 0.1) is 17.8 Å². The summed E-state index contributed by atoms with van der Waals surface area (Å²) in [5.74, 6) is 0. The average Bonchev–Trinajstić information content (AvgIpc) is 3.67. The summed E-state index contributed by atoms with van der Waals surface area (Å²) in [5.41, 5.74) is 4.40. The van der Waals surface area contributed by atoms with Crippen LogP contribution in [0.4, 0.5) is 0 Å². The van der Waals surface area contributed by atoms with Gasteiger partial charge >= 0.3 is 0 Å². The summed E-state index contributed by atoms with van der Waals surface area (Å²) in [6.07, 6.45) is 0. The normalized spacial score (nSPS) is 15.4. The zero-order valence-corrected chi connectivity index (χ0v) is 25.7. The summed E-state index contributed by atoms with van der Waals surface area (Å²) < 4.78 is 122. The van der Waals surface area contributed by atoms with E-state index in [9.17, 15) is 5.48 Å². The van der Waals surface area contributed by atoms with Crippen molar-refractivity contribution < 1.29 is 22.2 Å². The average molecular weight is 636 g/mol. The summed E-state index contributed by atoms with van der Waals surface area (Å²) in [4.78, 5) is 0. The third-order valence-corrected chi connectivity index (χ3v) is 9.17. The fraction of sp³-hybridized carbons (Fsp3) is 0. The van der Waals surface area contributed by atoms with Crippen LogP contribution >= 0.6 is 0 Å². The van der Waals surface area contributed by atoms with Crippen molar-refractivity contribution in [3.05, 3.63) is 182 Å². The molecule has 10 rings (SSSR count). The van der Waals surface area contributed by atoms with Crippen LogP contribution in [-0.4, -0.2) is 0 Å². The Morgan fingerprint density at radius 1 is 0.367 bits per heavy atom. The molecule has 0 aliphatic rings. The van der Waals surface area contributed by atoms with Crippen molar-refractivity contribution >= 4 is 54.3 Å². The van der Waals surface area contributed by atoms with Gasteiger partial charge in [0.25, 0.3) is 0 Å². The lowest BCUT2D eigenvalue weighted by molar-refractivity contribution is 0.669. The second-order valence-corrected chi connectivity index (χ2v) is 11.9. The summed E-state index contributed by atoms with van der Waals surface area (Å²) >= 11 is 0. The van der Waals surface area contributed by atoms with Crippen molar-refractivity contribution in [3.8, 4) is 44.5 Å². The first-order valence-electron chi connectivity index (χ1n) is 22.3. The Kier molecular flexibility index (Phi) is 3.99. The minimum absolute atomic E-state index is 0.0659. The summed E-state index contributed by atoms with van der Waals surface area (Å²) in [6, 6.07) is 24.9. The lowest BCUT2D eigenvalue weighted by Crippen LogP contribution is -1.91. The van der Waals surface area contributed by atoms with Gasteiger partial charge in [0.15, 0.2) is 0 Å². The minimum atomic E-state index is -0.716. The van der Waals surface area contributed by atoms with E-state index in [1.165, 1.54) is 0 Å². The molecule has 0 spiro atoms. The molecule has 0 fully saturated rings. The van der Waals surface area contributed by atoms with Crippen molar-refractivity contribution in [2.45, 2.75) is 0 Å². The topological polar surface area (TPSA) is 13.1 Å². The van der Waals surface area contributed by atoms with E-state index in [2.05, 4.69) is 30.3 Å². The van der Waals surface area contributed by atoms with Crippen molar-refractivity contribution in [1.82, 2.24) is 0 Å². The van der Waals surface area contributed by atoms with Crippen molar-refractivity contribution in [2.24, 2.45) is 0 Å². The summed E-state index contributed by atoms with van der Waals surface area (Å²) in [6.45, 7) is 0. The Hall–Kier alpha value is -6.44. The van der Waals surface area contributed by atoms with E-state index in [0.717, 1.165) is 38.2 Å². The van der Waals surface area contributed by atoms with Gasteiger partial charge in [-0.15, -0.1) is 0 Å². The monoisotopic (exact) mass is 635 g/mol. The molecule has 228 valence electrons. The molecule has 49 heavy (non-hydrogen) atoms. The van der Waals surface area contributed by atoms with Gasteiger partial charge in [-0.1, -0.05) is 151 Å². The van der Waals surface area contributed by atoms with Gasteiger partial charge in [0, 0.05) is 10.8 Å². The van der Waals surface area contributed by atoms with Gasteiger partial charge in [-0.2, -0.15) is 0 Å². The molecule has 0 N–H and O–H groups in total. The molecule has 0 bridgehead atoms. The largest absolute Gasteiger partial charge is 0.456 e. The maximum atomic E-state index is 9.32. The smallest absolute Gasteiger partial charge is 0.136 e. The molecule has 0 aliphatic heterocycles. The van der Waals surface area contributed by atoms with Crippen molar-refractivity contribution in [3.63, 3.8) is 0 Å². The molecule has 1 nitrogen and oxygen atoms in total. The van der Waals surface area contributed by atoms with Crippen LogP contribution in [0.1, 0.15) is 17.8 Å². The Balaban J connectivity index is 1.28. The van der Waals surface area contributed by atoms with Gasteiger partial charge in [-0.25, -0.2) is 0 Å². The second kappa shape index (κ2) is 11.1. The number of hydrogen-bond donors (Lipinski definition) is 0. The number of rotatable bonds is 4. The van der Waals surface area contributed by atoms with Crippen LogP contribution in [0.5, 0.6) is 0 Å². The molecule has 0 amide bonds. The van der Waals surface area contributed by atoms with E-state index in [0.29, 0.717) is 22.3 Å². The quantitative estimate of drug-likeness (QED) is 0.175. The second-order valence-electron chi connectivity index (χ2n) is 11.9. The summed E-state index contributed by atoms with van der Waals surface area (Å²) in [7, 11) is 0. The van der Waals surface area contributed by atoms with Gasteiger partial charge in [-0.05, 0) is 107 Å². The lowest BCUT2D eigenvalue weighted by atomic mass is 9.85. The molecule has 1 heteroatoms. The molecule has 0 aliphatic carbocycles. The first kappa shape index (κ1) is 17.6. The van der Waals surface area contributed by atoms with Gasteiger partial charge in [0.2, 0.25) is 0 Å². The van der Waals surface area contributed by atoms with E-state index >= 15 is 0 Å². The molecule has 1 aromatic heterocycles. The first-order chi connectivity index (χ1) is 29.7. The fourth-order valence-electron chi connectivity index (χ4n) is 7.00. The highest BCUT2D eigenvalue weighted by atomic mass is 16.3. The lowest BCUT2D eigenvalue weighted by Gasteiger charge is -2.18. The predicted molar refractivity (Wildman–Crippen MR) is 208 cm³/mol. The first-order valence-corrected chi connectivity index (χ1v) is 15.8. The number of benzene rings is 9. The molecule has 0 saturated heterocycles. The van der Waals surface area contributed by atoms with E-state index in [-0.39, 0.29) is 32.7 Å². The van der Waals surface area contributed by atoms with Crippen LogP contribution in [0, 0.1) is 0 Å². The van der Waals surface area contributed by atoms with Crippen molar-refractivity contribution in [1.29, 1.82) is 0 Å². The maximum absolute atomic E-state index is 9.32. The third-order valence-electron chi connectivity index (χ3n) is 9.17. The maximum Gasteiger partial charge on any atom is 0.136 e. The molecule has 0 unspecified atom stereocenters. The molecule has 0 atom stereocenters. The Labute approximate surface area is 302 Å². The number of furan rings is 1. The van der Waals surface area contributed by atoms with Crippen LogP contribution in [-0.2, 0) is 0 Å². The Morgan fingerprint density at radius 3 is 1.73 bits per heavy atom. The van der Waals surface area contributed by atoms with Crippen LogP contribution in [0.2, 0.25) is 0 Å². The SMILES string of the molecule is [2H]c1c([2H])c([2H])c(-c2c3c([2H])c([2H])c([2H])c([2H])c3c(-c3cccc(-c4cccc5oc6cc(-c7ccc8ccccc8c7)ccc6c45)c3)c3c([2H])c([2H])c([2H])c([2H])c23)c([2H])c1[2H]. The zero-order valence-electron chi connectivity index (χ0n) is 38.7. The van der Waals surface area contributed by atoms with Gasteiger partial charge in [0.1, 0.15) is 11.2 Å².